The standard InChI is InChI=1S/C40H43F3N8O10/c1-39(2)17-27-31(28(52)18-39)32(40(41,42)43)49-51(27)20-8-11-22(33(44)54)25(16-20)46-19-6-9-21(10-7-19)61-37(58)45-14-15-60-38(59)47-24-5-3-4-23-30(24)36(57)50(35(23)56)26-12-13-29(53)48-34(26)55/h3-5,8,11,16,19,21,26,33,46,54H,6-7,9-10,12-15,17-18,44H2,1-2H3,(H,45,58)(H,47,59)(H,48,53,55). The second kappa shape index (κ2) is 16.6. The number of piperidine rings is 1. The molecule has 6 amide bonds. The Balaban J connectivity index is 0.892. The van der Waals surface area contributed by atoms with Crippen molar-refractivity contribution in [1.82, 2.24) is 25.3 Å². The molecule has 3 aromatic rings. The fourth-order valence-corrected chi connectivity index (χ4v) is 8.22. The van der Waals surface area contributed by atoms with Crippen LogP contribution in [0.3, 0.4) is 0 Å². The number of nitrogens with two attached hydrogens (primary N) is 1. The topological polar surface area (TPSA) is 253 Å². The van der Waals surface area contributed by atoms with Crippen LogP contribution in [-0.2, 0) is 31.7 Å². The van der Waals surface area contributed by atoms with E-state index < -0.39 is 82.8 Å². The van der Waals surface area contributed by atoms with Gasteiger partial charge in [-0.2, -0.15) is 18.3 Å². The van der Waals surface area contributed by atoms with Crippen LogP contribution in [0.1, 0.15) is 113 Å². The van der Waals surface area contributed by atoms with Gasteiger partial charge < -0.3 is 30.9 Å². The Morgan fingerprint density at radius 3 is 2.41 bits per heavy atom. The van der Waals surface area contributed by atoms with Crippen LogP contribution < -0.4 is 27.0 Å². The van der Waals surface area contributed by atoms with Gasteiger partial charge in [0.05, 0.1) is 40.3 Å². The number of aliphatic hydroxyl groups is 1. The van der Waals surface area contributed by atoms with Gasteiger partial charge in [-0.05, 0) is 68.2 Å². The zero-order valence-electron chi connectivity index (χ0n) is 33.0. The monoisotopic (exact) mass is 852 g/mol. The summed E-state index contributed by atoms with van der Waals surface area (Å²) in [5.74, 6) is -3.47. The molecule has 0 spiro atoms. The van der Waals surface area contributed by atoms with Gasteiger partial charge in [0, 0.05) is 30.1 Å². The number of aromatic nitrogens is 2. The van der Waals surface area contributed by atoms with Crippen LogP contribution in [0, 0.1) is 5.41 Å². The number of halogens is 3. The number of fused-ring (bicyclic) bond motifs is 2. The van der Waals surface area contributed by atoms with Crippen molar-refractivity contribution in [3.05, 3.63) is 70.0 Å². The maximum Gasteiger partial charge on any atom is 0.435 e. The largest absolute Gasteiger partial charge is 0.447 e. The number of nitrogens with zero attached hydrogens (tertiary/aromatic N) is 3. The predicted molar refractivity (Wildman–Crippen MR) is 206 cm³/mol. The molecule has 7 rings (SSSR count). The SMILES string of the molecule is CC1(C)CC(=O)c2c(C(F)(F)F)nn(-c3ccc(C(N)O)c(NC4CCC(OC(=O)NCCOC(=O)Nc5cccc6c5C(=O)N(C5CCC(=O)NC5=O)C6=O)CC4)c3)c2C1. The van der Waals surface area contributed by atoms with Gasteiger partial charge in [-0.3, -0.25) is 39.5 Å². The van der Waals surface area contributed by atoms with E-state index in [0.29, 0.717) is 36.9 Å². The molecule has 2 fully saturated rings. The summed E-state index contributed by atoms with van der Waals surface area (Å²) >= 11 is 0. The van der Waals surface area contributed by atoms with Crippen molar-refractivity contribution >= 4 is 53.0 Å². The lowest BCUT2D eigenvalue weighted by molar-refractivity contribution is -0.141. The van der Waals surface area contributed by atoms with E-state index in [-0.39, 0.29) is 73.1 Å². The minimum Gasteiger partial charge on any atom is -0.447 e. The van der Waals surface area contributed by atoms with E-state index in [1.807, 2.05) is 0 Å². The molecule has 0 radical (unpaired) electrons. The van der Waals surface area contributed by atoms with E-state index >= 15 is 0 Å². The minimum atomic E-state index is -4.85. The first-order chi connectivity index (χ1) is 28.8. The summed E-state index contributed by atoms with van der Waals surface area (Å²) < 4.78 is 54.0. The number of benzene rings is 2. The lowest BCUT2D eigenvalue weighted by atomic mass is 9.75. The molecule has 3 heterocycles. The highest BCUT2D eigenvalue weighted by Crippen LogP contribution is 2.42. The molecule has 1 aromatic heterocycles. The van der Waals surface area contributed by atoms with Crippen LogP contribution in [0.4, 0.5) is 34.1 Å². The first-order valence-electron chi connectivity index (χ1n) is 19.6. The summed E-state index contributed by atoms with van der Waals surface area (Å²) in [4.78, 5) is 89.1. The summed E-state index contributed by atoms with van der Waals surface area (Å²) in [5.41, 5.74) is 4.42. The molecule has 1 saturated heterocycles. The van der Waals surface area contributed by atoms with Gasteiger partial charge in [-0.15, -0.1) is 0 Å². The van der Waals surface area contributed by atoms with Crippen molar-refractivity contribution < 1.29 is 61.3 Å². The van der Waals surface area contributed by atoms with Gasteiger partial charge in [-0.1, -0.05) is 26.0 Å². The summed E-state index contributed by atoms with van der Waals surface area (Å²) in [5, 5.41) is 24.5. The van der Waals surface area contributed by atoms with Gasteiger partial charge in [0.2, 0.25) is 11.8 Å². The number of carbonyl (C=O) groups excluding carboxylic acids is 7. The van der Waals surface area contributed by atoms with Crippen molar-refractivity contribution in [3.8, 4) is 5.69 Å². The molecular formula is C40H43F3N8O10. The molecule has 2 aromatic carbocycles. The van der Waals surface area contributed by atoms with E-state index in [2.05, 4.69) is 26.4 Å². The van der Waals surface area contributed by atoms with Crippen molar-refractivity contribution in [2.45, 2.75) is 95.8 Å². The van der Waals surface area contributed by atoms with E-state index in [1.165, 1.54) is 36.4 Å². The van der Waals surface area contributed by atoms with Crippen molar-refractivity contribution in [3.63, 3.8) is 0 Å². The minimum absolute atomic E-state index is 0.0333. The number of ether oxygens (including phenoxy) is 2. The van der Waals surface area contributed by atoms with Crippen LogP contribution in [0.2, 0.25) is 0 Å². The third-order valence-electron chi connectivity index (χ3n) is 11.0. The fraction of sp³-hybridized carbons (Fsp3) is 0.450. The van der Waals surface area contributed by atoms with Gasteiger partial charge in [0.15, 0.2) is 11.5 Å². The molecule has 18 nitrogen and oxygen atoms in total. The maximum absolute atomic E-state index is 14.1. The number of Topliss-reactive ketones (excluding diaryl/α,β-unsaturated/α-hetero) is 1. The Kier molecular flexibility index (Phi) is 11.6. The third kappa shape index (κ3) is 8.92. The average Bonchev–Trinajstić information content (AvgIpc) is 3.69. The number of imide groups is 2. The summed E-state index contributed by atoms with van der Waals surface area (Å²) in [6.45, 7) is 3.18. The summed E-state index contributed by atoms with van der Waals surface area (Å²) in [6, 6.07) is 7.32. The van der Waals surface area contributed by atoms with E-state index in [1.54, 1.807) is 13.8 Å². The smallest absolute Gasteiger partial charge is 0.435 e. The Bertz CT molecular complexity index is 2320. The Morgan fingerprint density at radius 1 is 0.984 bits per heavy atom. The predicted octanol–water partition coefficient (Wildman–Crippen LogP) is 4.10. The Morgan fingerprint density at radius 2 is 1.72 bits per heavy atom. The molecule has 2 aliphatic heterocycles. The molecule has 0 bridgehead atoms. The highest BCUT2D eigenvalue weighted by atomic mass is 19.4. The zero-order chi connectivity index (χ0) is 44.0. The van der Waals surface area contributed by atoms with E-state index in [9.17, 15) is 51.8 Å². The summed E-state index contributed by atoms with van der Waals surface area (Å²) in [7, 11) is 0. The maximum atomic E-state index is 14.1. The van der Waals surface area contributed by atoms with Crippen LogP contribution in [0.15, 0.2) is 36.4 Å². The highest BCUT2D eigenvalue weighted by Gasteiger charge is 2.47. The van der Waals surface area contributed by atoms with Crippen LogP contribution in [0.5, 0.6) is 0 Å². The number of aliphatic hydroxyl groups excluding tert-OH is 1. The third-order valence-corrected chi connectivity index (χ3v) is 11.0. The second-order valence-electron chi connectivity index (χ2n) is 16.1. The number of rotatable bonds is 10. The molecule has 7 N–H and O–H groups in total. The second-order valence-corrected chi connectivity index (χ2v) is 16.1. The first-order valence-corrected chi connectivity index (χ1v) is 19.6. The van der Waals surface area contributed by atoms with Crippen molar-refractivity contribution in [1.29, 1.82) is 0 Å². The highest BCUT2D eigenvalue weighted by molar-refractivity contribution is 6.26. The van der Waals surface area contributed by atoms with Gasteiger partial charge >= 0.3 is 18.4 Å². The lowest BCUT2D eigenvalue weighted by Gasteiger charge is -2.31. The first kappa shape index (κ1) is 42.8. The number of nitrogens with one attached hydrogen (secondary N) is 4. The number of alkyl carbamates (subject to hydrolysis) is 1. The number of anilines is 2. The molecule has 2 aliphatic carbocycles. The Labute approximate surface area is 345 Å². The van der Waals surface area contributed by atoms with E-state index in [0.717, 1.165) is 9.58 Å². The molecule has 1 saturated carbocycles. The van der Waals surface area contributed by atoms with Gasteiger partial charge in [-0.25, -0.2) is 14.3 Å². The molecule has 2 atom stereocenters. The van der Waals surface area contributed by atoms with E-state index in [4.69, 9.17) is 15.2 Å². The number of amides is 6. The number of ketones is 1. The molecular weight excluding hydrogens is 809 g/mol. The van der Waals surface area contributed by atoms with Crippen LogP contribution in [0.25, 0.3) is 5.69 Å². The summed E-state index contributed by atoms with van der Waals surface area (Å²) in [6.07, 6.45) is -6.55. The fourth-order valence-electron chi connectivity index (χ4n) is 8.22. The molecule has 21 heteroatoms. The molecule has 2 unspecified atom stereocenters. The molecule has 324 valence electrons. The van der Waals surface area contributed by atoms with Crippen molar-refractivity contribution in [2.75, 3.05) is 23.8 Å². The quantitative estimate of drug-likeness (QED) is 0.0956. The lowest BCUT2D eigenvalue weighted by Crippen LogP contribution is -2.54. The zero-order valence-corrected chi connectivity index (χ0v) is 33.0. The molecule has 4 aliphatic rings. The number of hydrogen-bond donors (Lipinski definition) is 6. The number of hydrogen-bond acceptors (Lipinski definition) is 13. The van der Waals surface area contributed by atoms with Gasteiger partial charge in [0.25, 0.3) is 11.8 Å². The average molecular weight is 853 g/mol. The number of alkyl halides is 3. The molecule has 61 heavy (non-hydrogen) atoms. The normalized spacial score (nSPS) is 21.6. The van der Waals surface area contributed by atoms with Crippen LogP contribution in [-0.4, -0.2) is 92.7 Å². The van der Waals surface area contributed by atoms with Gasteiger partial charge in [0.1, 0.15) is 25.0 Å². The number of carbonyl (C=O) groups is 7. The van der Waals surface area contributed by atoms with Crippen molar-refractivity contribution in [2.24, 2.45) is 11.1 Å². The Hall–Kier alpha value is -6.35. The van der Waals surface area contributed by atoms with Crippen LogP contribution >= 0.6 is 0 Å².